The van der Waals surface area contributed by atoms with Gasteiger partial charge < -0.3 is 9.47 Å². The molecule has 0 spiro atoms. The molecule has 0 radical (unpaired) electrons. The molecular formula is C29H22N2O5. The van der Waals surface area contributed by atoms with Crippen molar-refractivity contribution in [3.63, 3.8) is 0 Å². The fourth-order valence-corrected chi connectivity index (χ4v) is 3.26. The fraction of sp³-hybridized carbons (Fsp3) is 0.0345. The minimum atomic E-state index is -0.597. The molecule has 0 aliphatic carbocycles. The highest BCUT2D eigenvalue weighted by atomic mass is 16.5. The molecule has 0 fully saturated rings. The minimum Gasteiger partial charge on any atom is -0.423 e. The maximum atomic E-state index is 12.7. The zero-order chi connectivity index (χ0) is 25.3. The van der Waals surface area contributed by atoms with Gasteiger partial charge in [-0.15, -0.1) is 0 Å². The lowest BCUT2D eigenvalue weighted by Gasteiger charge is -2.10. The number of nitrogens with zero attached hydrogens (tertiary/aromatic N) is 1. The highest BCUT2D eigenvalue weighted by Gasteiger charge is 2.15. The zero-order valence-electron chi connectivity index (χ0n) is 19.4. The minimum absolute atomic E-state index is 0.107. The average molecular weight is 479 g/mol. The smallest absolute Gasteiger partial charge is 0.343 e. The van der Waals surface area contributed by atoms with E-state index in [1.165, 1.54) is 12.3 Å². The molecule has 7 heteroatoms. The summed E-state index contributed by atoms with van der Waals surface area (Å²) in [5.41, 5.74) is 4.99. The Morgan fingerprint density at radius 1 is 0.694 bits per heavy atom. The van der Waals surface area contributed by atoms with Gasteiger partial charge in [-0.05, 0) is 55.5 Å². The van der Waals surface area contributed by atoms with Crippen LogP contribution in [-0.4, -0.2) is 24.1 Å². The van der Waals surface area contributed by atoms with Crippen molar-refractivity contribution in [2.45, 2.75) is 6.92 Å². The first-order valence-electron chi connectivity index (χ1n) is 11.1. The first kappa shape index (κ1) is 24.1. The van der Waals surface area contributed by atoms with Crippen molar-refractivity contribution in [3.05, 3.63) is 131 Å². The number of benzene rings is 4. The van der Waals surface area contributed by atoms with Crippen LogP contribution >= 0.6 is 0 Å². The van der Waals surface area contributed by atoms with Crippen LogP contribution in [-0.2, 0) is 0 Å². The molecule has 0 saturated heterocycles. The molecule has 0 bridgehead atoms. The molecule has 4 rings (SSSR count). The van der Waals surface area contributed by atoms with Crippen LogP contribution in [0.3, 0.4) is 0 Å². The van der Waals surface area contributed by atoms with E-state index in [2.05, 4.69) is 10.5 Å². The summed E-state index contributed by atoms with van der Waals surface area (Å²) < 4.78 is 11.0. The largest absolute Gasteiger partial charge is 0.423 e. The topological polar surface area (TPSA) is 94.1 Å². The second kappa shape index (κ2) is 11.4. The Morgan fingerprint density at radius 2 is 1.31 bits per heavy atom. The predicted octanol–water partition coefficient (Wildman–Crippen LogP) is 5.20. The van der Waals surface area contributed by atoms with E-state index in [9.17, 15) is 14.4 Å². The van der Waals surface area contributed by atoms with E-state index in [1.54, 1.807) is 91.0 Å². The van der Waals surface area contributed by atoms with Crippen LogP contribution in [0.5, 0.6) is 11.5 Å². The summed E-state index contributed by atoms with van der Waals surface area (Å²) in [6.45, 7) is 1.89. The maximum Gasteiger partial charge on any atom is 0.343 e. The van der Waals surface area contributed by atoms with Gasteiger partial charge in [0.2, 0.25) is 0 Å². The third kappa shape index (κ3) is 6.30. The van der Waals surface area contributed by atoms with Crippen LogP contribution in [0.4, 0.5) is 0 Å². The summed E-state index contributed by atoms with van der Waals surface area (Å²) in [4.78, 5) is 37.5. The van der Waals surface area contributed by atoms with Crippen molar-refractivity contribution < 1.29 is 23.9 Å². The average Bonchev–Trinajstić information content (AvgIpc) is 2.90. The summed E-state index contributed by atoms with van der Waals surface area (Å²) in [7, 11) is 0. The summed E-state index contributed by atoms with van der Waals surface area (Å²) in [5, 5.41) is 4.00. The number of ether oxygens (including phenoxy) is 2. The molecule has 36 heavy (non-hydrogen) atoms. The second-order valence-electron chi connectivity index (χ2n) is 7.78. The number of nitrogens with one attached hydrogen (secondary N) is 1. The number of aryl methyl sites for hydroxylation is 1. The first-order valence-corrected chi connectivity index (χ1v) is 11.1. The van der Waals surface area contributed by atoms with Crippen molar-refractivity contribution in [1.29, 1.82) is 0 Å². The van der Waals surface area contributed by atoms with Gasteiger partial charge >= 0.3 is 11.9 Å². The zero-order valence-corrected chi connectivity index (χ0v) is 19.4. The van der Waals surface area contributed by atoms with Crippen LogP contribution in [0.15, 0.2) is 108 Å². The maximum absolute atomic E-state index is 12.7. The van der Waals surface area contributed by atoms with Crippen LogP contribution in [0.2, 0.25) is 0 Å². The van der Waals surface area contributed by atoms with E-state index in [-0.39, 0.29) is 17.4 Å². The van der Waals surface area contributed by atoms with Crippen LogP contribution in [0.25, 0.3) is 0 Å². The van der Waals surface area contributed by atoms with E-state index >= 15 is 0 Å². The molecule has 0 heterocycles. The van der Waals surface area contributed by atoms with Gasteiger partial charge in [0.05, 0.1) is 17.3 Å². The molecule has 0 aromatic heterocycles. The van der Waals surface area contributed by atoms with Crippen molar-refractivity contribution in [1.82, 2.24) is 5.43 Å². The number of hydrazone groups is 1. The Hall–Kier alpha value is -5.04. The van der Waals surface area contributed by atoms with E-state index in [0.29, 0.717) is 22.3 Å². The lowest BCUT2D eigenvalue weighted by molar-refractivity contribution is 0.0732. The highest BCUT2D eigenvalue weighted by Crippen LogP contribution is 2.26. The van der Waals surface area contributed by atoms with Crippen LogP contribution < -0.4 is 14.9 Å². The molecule has 4 aromatic carbocycles. The summed E-state index contributed by atoms with van der Waals surface area (Å²) >= 11 is 0. The molecule has 0 atom stereocenters. The van der Waals surface area contributed by atoms with Crippen molar-refractivity contribution in [2.75, 3.05) is 0 Å². The number of hydrogen-bond donors (Lipinski definition) is 1. The molecule has 0 aliphatic heterocycles. The van der Waals surface area contributed by atoms with Gasteiger partial charge in [-0.1, -0.05) is 54.1 Å². The van der Waals surface area contributed by atoms with E-state index in [0.717, 1.165) is 5.56 Å². The van der Waals surface area contributed by atoms with E-state index in [4.69, 9.17) is 9.47 Å². The van der Waals surface area contributed by atoms with Crippen molar-refractivity contribution in [3.8, 4) is 11.5 Å². The molecule has 0 aliphatic rings. The SMILES string of the molecule is Cc1cccc(C(=O)N/N=C\c2ccc(OC(=O)c3ccccc3)cc2OC(=O)c2ccccc2)c1. The summed E-state index contributed by atoms with van der Waals surface area (Å²) in [6, 6.07) is 28.6. The summed E-state index contributed by atoms with van der Waals surface area (Å²) in [6.07, 6.45) is 1.35. The number of rotatable bonds is 7. The highest BCUT2D eigenvalue weighted by molar-refractivity contribution is 5.96. The quantitative estimate of drug-likeness (QED) is 0.171. The number of hydrogen-bond acceptors (Lipinski definition) is 6. The third-order valence-electron chi connectivity index (χ3n) is 5.07. The molecule has 4 aromatic rings. The van der Waals surface area contributed by atoms with Gasteiger partial charge in [0.15, 0.2) is 0 Å². The number of carbonyl (C=O) groups is 3. The molecule has 1 N–H and O–H groups in total. The van der Waals surface area contributed by atoms with Crippen LogP contribution in [0, 0.1) is 6.92 Å². The lowest BCUT2D eigenvalue weighted by atomic mass is 10.1. The molecule has 178 valence electrons. The van der Waals surface area contributed by atoms with Crippen molar-refractivity contribution >= 4 is 24.1 Å². The Bertz CT molecular complexity index is 1420. The Kier molecular flexibility index (Phi) is 7.63. The molecule has 0 saturated carbocycles. The first-order chi connectivity index (χ1) is 17.5. The van der Waals surface area contributed by atoms with E-state index in [1.807, 2.05) is 13.0 Å². The van der Waals surface area contributed by atoms with Gasteiger partial charge in [-0.2, -0.15) is 5.10 Å². The fourth-order valence-electron chi connectivity index (χ4n) is 3.26. The molecule has 0 unspecified atom stereocenters. The second-order valence-corrected chi connectivity index (χ2v) is 7.78. The van der Waals surface area contributed by atoms with Crippen LogP contribution in [0.1, 0.15) is 42.2 Å². The van der Waals surface area contributed by atoms with Gasteiger partial charge in [0.1, 0.15) is 11.5 Å². The summed E-state index contributed by atoms with van der Waals surface area (Å²) in [5.74, 6) is -1.24. The van der Waals surface area contributed by atoms with Gasteiger partial charge in [-0.3, -0.25) is 4.79 Å². The van der Waals surface area contributed by atoms with Gasteiger partial charge in [0.25, 0.3) is 5.91 Å². The molecule has 1 amide bonds. The number of esters is 2. The van der Waals surface area contributed by atoms with E-state index < -0.39 is 11.9 Å². The molecular weight excluding hydrogens is 456 g/mol. The van der Waals surface area contributed by atoms with Gasteiger partial charge in [0, 0.05) is 17.2 Å². The van der Waals surface area contributed by atoms with Gasteiger partial charge in [-0.25, -0.2) is 15.0 Å². The lowest BCUT2D eigenvalue weighted by Crippen LogP contribution is -2.18. The normalized spacial score (nSPS) is 10.6. The number of carbonyl (C=O) groups excluding carboxylic acids is 3. The third-order valence-corrected chi connectivity index (χ3v) is 5.07. The monoisotopic (exact) mass is 478 g/mol. The Balaban J connectivity index is 1.56. The molecule has 7 nitrogen and oxygen atoms in total. The predicted molar refractivity (Wildman–Crippen MR) is 135 cm³/mol. The standard InChI is InChI=1S/C29H22N2O5/c1-20-9-8-14-23(17-20)27(32)31-30-19-24-15-16-25(35-28(33)21-10-4-2-5-11-21)18-26(24)36-29(34)22-12-6-3-7-13-22/h2-19H,1H3,(H,31,32)/b30-19-. The van der Waals surface area contributed by atoms with Crippen molar-refractivity contribution in [2.24, 2.45) is 5.10 Å². The number of amides is 1. The Labute approximate surface area is 208 Å². The Morgan fingerprint density at radius 3 is 1.94 bits per heavy atom.